The fraction of sp³-hybridized carbons (Fsp3) is 0.611. The van der Waals surface area contributed by atoms with Crippen LogP contribution in [0.2, 0.25) is 19.6 Å². The maximum absolute atomic E-state index is 12.3. The quantitative estimate of drug-likeness (QED) is 0.606. The largest absolute Gasteiger partial charge is 0.544 e. The first-order valence-electron chi connectivity index (χ1n) is 8.55. The first-order chi connectivity index (χ1) is 11.3. The molecule has 0 aromatic heterocycles. The Hall–Kier alpha value is -1.31. The molecule has 138 valence electrons. The molecular formula is C18H29BO5Si. The van der Waals surface area contributed by atoms with Gasteiger partial charge >= 0.3 is 13.1 Å². The van der Waals surface area contributed by atoms with Gasteiger partial charge in [0.2, 0.25) is 8.32 Å². The van der Waals surface area contributed by atoms with Crippen molar-refractivity contribution in [2.45, 2.75) is 65.5 Å². The van der Waals surface area contributed by atoms with Crippen molar-refractivity contribution in [2.24, 2.45) is 0 Å². The van der Waals surface area contributed by atoms with Crippen LogP contribution in [0.15, 0.2) is 12.1 Å². The van der Waals surface area contributed by atoms with Crippen molar-refractivity contribution < 1.29 is 23.3 Å². The Morgan fingerprint density at radius 1 is 1.08 bits per heavy atom. The predicted octanol–water partition coefficient (Wildman–Crippen LogP) is 3.29. The lowest BCUT2D eigenvalue weighted by Gasteiger charge is -2.32. The maximum Gasteiger partial charge on any atom is 0.494 e. The van der Waals surface area contributed by atoms with E-state index in [0.717, 1.165) is 11.0 Å². The predicted molar refractivity (Wildman–Crippen MR) is 102 cm³/mol. The highest BCUT2D eigenvalue weighted by Crippen LogP contribution is 2.37. The van der Waals surface area contributed by atoms with Gasteiger partial charge in [-0.2, -0.15) is 0 Å². The van der Waals surface area contributed by atoms with Crippen LogP contribution in [0.1, 0.15) is 43.6 Å². The van der Waals surface area contributed by atoms with Gasteiger partial charge < -0.3 is 18.5 Å². The van der Waals surface area contributed by atoms with Gasteiger partial charge in [0.05, 0.1) is 18.3 Å². The average molecular weight is 364 g/mol. The van der Waals surface area contributed by atoms with Crippen LogP contribution in [0.4, 0.5) is 0 Å². The third-order valence-electron chi connectivity index (χ3n) is 4.64. The zero-order valence-electron chi connectivity index (χ0n) is 16.8. The molecule has 7 heteroatoms. The summed E-state index contributed by atoms with van der Waals surface area (Å²) in [4.78, 5) is 12.3. The van der Waals surface area contributed by atoms with Gasteiger partial charge in [0, 0.05) is 0 Å². The molecule has 0 radical (unpaired) electrons. The van der Waals surface area contributed by atoms with Crippen LogP contribution in [0, 0.1) is 6.92 Å². The fourth-order valence-corrected chi connectivity index (χ4v) is 3.50. The number of rotatable bonds is 4. The number of methoxy groups -OCH3 is 1. The molecule has 1 saturated heterocycles. The molecule has 0 aliphatic carbocycles. The van der Waals surface area contributed by atoms with Gasteiger partial charge in [-0.25, -0.2) is 4.79 Å². The van der Waals surface area contributed by atoms with E-state index in [1.807, 2.05) is 40.7 Å². The number of carbonyl (C=O) groups excluding carboxylic acids is 1. The van der Waals surface area contributed by atoms with E-state index in [9.17, 15) is 4.79 Å². The highest BCUT2D eigenvalue weighted by Gasteiger charge is 2.52. The molecule has 0 bridgehead atoms. The zero-order chi connectivity index (χ0) is 19.2. The minimum absolute atomic E-state index is 0.412. The Kier molecular flexibility index (Phi) is 5.16. The monoisotopic (exact) mass is 364 g/mol. The third-order valence-corrected chi connectivity index (χ3v) is 5.45. The zero-order valence-corrected chi connectivity index (χ0v) is 17.8. The van der Waals surface area contributed by atoms with Crippen LogP contribution in [0.25, 0.3) is 0 Å². The van der Waals surface area contributed by atoms with Crippen molar-refractivity contribution >= 4 is 26.9 Å². The van der Waals surface area contributed by atoms with E-state index in [0.29, 0.717) is 11.3 Å². The van der Waals surface area contributed by atoms with Crippen molar-refractivity contribution in [1.82, 2.24) is 0 Å². The van der Waals surface area contributed by atoms with Crippen molar-refractivity contribution in [2.75, 3.05) is 7.11 Å². The van der Waals surface area contributed by atoms with E-state index in [2.05, 4.69) is 19.6 Å². The van der Waals surface area contributed by atoms with E-state index in [4.69, 9.17) is 18.5 Å². The summed E-state index contributed by atoms with van der Waals surface area (Å²) in [6.45, 7) is 16.2. The van der Waals surface area contributed by atoms with Gasteiger partial charge in [-0.3, -0.25) is 0 Å². The molecule has 1 aliphatic heterocycles. The standard InChI is InChI=1S/C18H29BO5Si/c1-12-10-13(19-23-17(2,3)18(4,5)24-19)11-14(16(20)21-6)15(12)22-25(7,8)9/h10-11H,1-9H3. The summed E-state index contributed by atoms with van der Waals surface area (Å²) >= 11 is 0. The Labute approximate surface area is 152 Å². The summed E-state index contributed by atoms with van der Waals surface area (Å²) in [5.41, 5.74) is 1.19. The lowest BCUT2D eigenvalue weighted by Crippen LogP contribution is -2.41. The second-order valence-corrected chi connectivity index (χ2v) is 12.9. The first-order valence-corrected chi connectivity index (χ1v) is 12.0. The van der Waals surface area contributed by atoms with E-state index in [-0.39, 0.29) is 0 Å². The molecule has 1 aromatic rings. The van der Waals surface area contributed by atoms with E-state index < -0.39 is 32.6 Å². The second kappa shape index (κ2) is 6.45. The van der Waals surface area contributed by atoms with E-state index in [1.165, 1.54) is 7.11 Å². The SMILES string of the molecule is COC(=O)c1cc(B2OC(C)(C)C(C)(C)O2)cc(C)c1O[Si](C)(C)C. The summed E-state index contributed by atoms with van der Waals surface area (Å²) in [7, 11) is -1.05. The molecule has 5 nitrogen and oxygen atoms in total. The van der Waals surface area contributed by atoms with Crippen LogP contribution in [-0.4, -0.2) is 39.7 Å². The minimum atomic E-state index is -1.88. The number of ether oxygens (including phenoxy) is 1. The third kappa shape index (κ3) is 4.10. The number of hydrogen-bond donors (Lipinski definition) is 0. The van der Waals surface area contributed by atoms with Crippen LogP contribution in [0.3, 0.4) is 0 Å². The lowest BCUT2D eigenvalue weighted by molar-refractivity contribution is 0.00578. The van der Waals surface area contributed by atoms with Gasteiger partial charge in [0.25, 0.3) is 0 Å². The van der Waals surface area contributed by atoms with E-state index in [1.54, 1.807) is 6.07 Å². The molecule has 0 atom stereocenters. The topological polar surface area (TPSA) is 54.0 Å². The number of aryl methyl sites for hydroxylation is 1. The molecule has 0 spiro atoms. The smallest absolute Gasteiger partial charge is 0.494 e. The van der Waals surface area contributed by atoms with Gasteiger partial charge in [-0.15, -0.1) is 0 Å². The van der Waals surface area contributed by atoms with Crippen molar-refractivity contribution in [1.29, 1.82) is 0 Å². The molecule has 1 fully saturated rings. The summed E-state index contributed by atoms with van der Waals surface area (Å²) in [5, 5.41) is 0. The minimum Gasteiger partial charge on any atom is -0.544 e. The highest BCUT2D eigenvalue weighted by atomic mass is 28.4. The van der Waals surface area contributed by atoms with Crippen LogP contribution in [-0.2, 0) is 14.0 Å². The lowest BCUT2D eigenvalue weighted by atomic mass is 9.77. The fourth-order valence-electron chi connectivity index (χ4n) is 2.62. The molecule has 1 aromatic carbocycles. The van der Waals surface area contributed by atoms with Crippen molar-refractivity contribution in [3.05, 3.63) is 23.3 Å². The Balaban J connectivity index is 2.49. The Morgan fingerprint density at radius 3 is 2.04 bits per heavy atom. The van der Waals surface area contributed by atoms with Gasteiger partial charge in [0.15, 0.2) is 0 Å². The Bertz CT molecular complexity index is 663. The van der Waals surface area contributed by atoms with Crippen LogP contribution >= 0.6 is 0 Å². The normalized spacial score (nSPS) is 19.0. The van der Waals surface area contributed by atoms with Gasteiger partial charge in [0.1, 0.15) is 11.3 Å². The molecule has 1 aliphatic rings. The van der Waals surface area contributed by atoms with Gasteiger partial charge in [-0.1, -0.05) is 6.07 Å². The maximum atomic E-state index is 12.3. The van der Waals surface area contributed by atoms with Gasteiger partial charge in [-0.05, 0) is 71.4 Å². The summed E-state index contributed by atoms with van der Waals surface area (Å²) in [6.07, 6.45) is 0. The summed E-state index contributed by atoms with van der Waals surface area (Å²) < 4.78 is 23.3. The molecule has 0 amide bonds. The number of carbonyl (C=O) groups is 1. The van der Waals surface area contributed by atoms with Crippen molar-refractivity contribution in [3.63, 3.8) is 0 Å². The molecule has 1 heterocycles. The molecule has 25 heavy (non-hydrogen) atoms. The average Bonchev–Trinajstić information content (AvgIpc) is 2.67. The number of hydrogen-bond acceptors (Lipinski definition) is 5. The molecule has 0 saturated carbocycles. The van der Waals surface area contributed by atoms with Crippen molar-refractivity contribution in [3.8, 4) is 5.75 Å². The molecule has 0 unspecified atom stereocenters. The number of benzene rings is 1. The molecule has 0 N–H and O–H groups in total. The summed E-state index contributed by atoms with van der Waals surface area (Å²) in [6, 6.07) is 3.72. The number of esters is 1. The molecular weight excluding hydrogens is 335 g/mol. The Morgan fingerprint density at radius 2 is 1.60 bits per heavy atom. The summed E-state index contributed by atoms with van der Waals surface area (Å²) in [5.74, 6) is 0.168. The molecule has 2 rings (SSSR count). The second-order valence-electron chi connectivity index (χ2n) is 8.51. The van der Waals surface area contributed by atoms with Crippen LogP contribution in [0.5, 0.6) is 5.75 Å². The van der Waals surface area contributed by atoms with E-state index >= 15 is 0 Å². The first kappa shape index (κ1) is 20.0. The van der Waals surface area contributed by atoms with Crippen LogP contribution < -0.4 is 9.89 Å². The highest BCUT2D eigenvalue weighted by molar-refractivity contribution is 6.70.